The lowest BCUT2D eigenvalue weighted by molar-refractivity contribution is 0.178. The Morgan fingerprint density at radius 1 is 1.38 bits per heavy atom. The predicted octanol–water partition coefficient (Wildman–Crippen LogP) is 3.41. The molecule has 2 nitrogen and oxygen atoms in total. The lowest BCUT2D eigenvalue weighted by Gasteiger charge is -2.07. The number of aryl methyl sites for hydroxylation is 3. The highest BCUT2D eigenvalue weighted by molar-refractivity contribution is 7.12. The van der Waals surface area contributed by atoms with E-state index in [0.29, 0.717) is 6.42 Å². The minimum atomic E-state index is -0.421. The number of aromatic nitrogens is 1. The summed E-state index contributed by atoms with van der Waals surface area (Å²) in [4.78, 5) is 6.83. The van der Waals surface area contributed by atoms with Crippen molar-refractivity contribution >= 4 is 22.7 Å². The van der Waals surface area contributed by atoms with Crippen LogP contribution in [0.1, 0.15) is 32.1 Å². The first-order valence-corrected chi connectivity index (χ1v) is 6.92. The molecule has 0 aliphatic heterocycles. The molecule has 0 aliphatic carbocycles. The van der Waals surface area contributed by atoms with E-state index in [1.165, 1.54) is 9.75 Å². The van der Waals surface area contributed by atoms with Crippen LogP contribution in [0.15, 0.2) is 11.4 Å². The molecular weight excluding hydrogens is 238 g/mol. The fourth-order valence-corrected chi connectivity index (χ4v) is 3.54. The summed E-state index contributed by atoms with van der Waals surface area (Å²) >= 11 is 3.35. The SMILES string of the molecule is Cc1csc(CC(O)c2cc(C)sc2C)n1. The van der Waals surface area contributed by atoms with E-state index in [-0.39, 0.29) is 0 Å². The molecule has 0 amide bonds. The minimum Gasteiger partial charge on any atom is -0.388 e. The Hall–Kier alpha value is -0.710. The third-order valence-corrected chi connectivity index (χ3v) is 4.44. The Labute approximate surface area is 104 Å². The monoisotopic (exact) mass is 253 g/mol. The van der Waals surface area contributed by atoms with Crippen molar-refractivity contribution in [3.63, 3.8) is 0 Å². The van der Waals surface area contributed by atoms with Crippen LogP contribution >= 0.6 is 22.7 Å². The molecule has 1 atom stereocenters. The maximum Gasteiger partial charge on any atom is 0.0957 e. The third kappa shape index (κ3) is 2.51. The van der Waals surface area contributed by atoms with Gasteiger partial charge in [-0.25, -0.2) is 4.98 Å². The molecule has 0 radical (unpaired) electrons. The Balaban J connectivity index is 2.14. The number of hydrogen-bond acceptors (Lipinski definition) is 4. The highest BCUT2D eigenvalue weighted by Gasteiger charge is 2.15. The topological polar surface area (TPSA) is 33.1 Å². The zero-order valence-corrected chi connectivity index (χ0v) is 11.3. The zero-order valence-electron chi connectivity index (χ0n) is 9.65. The molecule has 0 aliphatic rings. The Morgan fingerprint density at radius 3 is 2.62 bits per heavy atom. The van der Waals surface area contributed by atoms with E-state index < -0.39 is 6.10 Å². The van der Waals surface area contributed by atoms with Gasteiger partial charge in [-0.2, -0.15) is 0 Å². The summed E-state index contributed by atoms with van der Waals surface area (Å²) in [6, 6.07) is 2.07. The number of nitrogens with zero attached hydrogens (tertiary/aromatic N) is 1. The molecule has 2 aromatic heterocycles. The molecule has 0 saturated carbocycles. The second kappa shape index (κ2) is 4.65. The van der Waals surface area contributed by atoms with Crippen molar-refractivity contribution in [2.24, 2.45) is 0 Å². The first-order chi connectivity index (χ1) is 7.56. The Bertz CT molecular complexity index is 487. The van der Waals surface area contributed by atoms with Gasteiger partial charge in [0.25, 0.3) is 0 Å². The first kappa shape index (κ1) is 11.8. The maximum absolute atomic E-state index is 10.2. The molecule has 2 rings (SSSR count). The molecule has 4 heteroatoms. The summed E-state index contributed by atoms with van der Waals surface area (Å²) in [5.41, 5.74) is 2.08. The van der Waals surface area contributed by atoms with Crippen LogP contribution in [0.25, 0.3) is 0 Å². The van der Waals surface area contributed by atoms with Gasteiger partial charge in [0.05, 0.1) is 11.1 Å². The molecule has 0 saturated heterocycles. The van der Waals surface area contributed by atoms with Gasteiger partial charge >= 0.3 is 0 Å². The minimum absolute atomic E-state index is 0.421. The Kier molecular flexibility index (Phi) is 3.42. The van der Waals surface area contributed by atoms with Crippen LogP contribution in [0, 0.1) is 20.8 Å². The number of aliphatic hydroxyl groups is 1. The van der Waals surface area contributed by atoms with Crippen LogP contribution in [-0.2, 0) is 6.42 Å². The largest absolute Gasteiger partial charge is 0.388 e. The van der Waals surface area contributed by atoms with Crippen LogP contribution < -0.4 is 0 Å². The van der Waals surface area contributed by atoms with Crippen molar-refractivity contribution in [1.82, 2.24) is 4.98 Å². The van der Waals surface area contributed by atoms with Gasteiger partial charge in [-0.15, -0.1) is 22.7 Å². The summed E-state index contributed by atoms with van der Waals surface area (Å²) in [6.07, 6.45) is 0.200. The highest BCUT2D eigenvalue weighted by atomic mass is 32.1. The Morgan fingerprint density at radius 2 is 2.12 bits per heavy atom. The van der Waals surface area contributed by atoms with E-state index in [1.54, 1.807) is 22.7 Å². The fourth-order valence-electron chi connectivity index (χ4n) is 1.75. The summed E-state index contributed by atoms with van der Waals surface area (Å²) in [6.45, 7) is 6.11. The van der Waals surface area contributed by atoms with Gasteiger partial charge in [0.1, 0.15) is 0 Å². The summed E-state index contributed by atoms with van der Waals surface area (Å²) in [5, 5.41) is 13.2. The smallest absolute Gasteiger partial charge is 0.0957 e. The van der Waals surface area contributed by atoms with Crippen molar-refractivity contribution in [3.8, 4) is 0 Å². The zero-order chi connectivity index (χ0) is 11.7. The van der Waals surface area contributed by atoms with Crippen LogP contribution in [0.4, 0.5) is 0 Å². The van der Waals surface area contributed by atoms with Crippen molar-refractivity contribution in [3.05, 3.63) is 37.5 Å². The highest BCUT2D eigenvalue weighted by Crippen LogP contribution is 2.29. The van der Waals surface area contributed by atoms with E-state index in [4.69, 9.17) is 0 Å². The van der Waals surface area contributed by atoms with E-state index in [9.17, 15) is 5.11 Å². The average molecular weight is 253 g/mol. The summed E-state index contributed by atoms with van der Waals surface area (Å²) < 4.78 is 0. The van der Waals surface area contributed by atoms with Gasteiger partial charge in [0, 0.05) is 27.2 Å². The first-order valence-electron chi connectivity index (χ1n) is 5.22. The molecule has 1 N–H and O–H groups in total. The van der Waals surface area contributed by atoms with Crippen LogP contribution in [0.2, 0.25) is 0 Å². The molecule has 1 unspecified atom stereocenters. The normalized spacial score (nSPS) is 13.0. The molecule has 86 valence electrons. The number of thiazole rings is 1. The van der Waals surface area contributed by atoms with Gasteiger partial charge in [-0.1, -0.05) is 0 Å². The van der Waals surface area contributed by atoms with Crippen LogP contribution in [0.5, 0.6) is 0 Å². The molecule has 0 fully saturated rings. The van der Waals surface area contributed by atoms with Gasteiger partial charge in [-0.3, -0.25) is 0 Å². The van der Waals surface area contributed by atoms with Gasteiger partial charge in [0.15, 0.2) is 0 Å². The second-order valence-electron chi connectivity index (χ2n) is 3.97. The van der Waals surface area contributed by atoms with E-state index in [0.717, 1.165) is 16.3 Å². The number of hydrogen-bond donors (Lipinski definition) is 1. The van der Waals surface area contributed by atoms with Crippen LogP contribution in [-0.4, -0.2) is 10.1 Å². The molecule has 0 bridgehead atoms. The fraction of sp³-hybridized carbons (Fsp3) is 0.417. The summed E-state index contributed by atoms with van der Waals surface area (Å²) in [5.74, 6) is 0. The van der Waals surface area contributed by atoms with E-state index in [1.807, 2.05) is 12.3 Å². The lowest BCUT2D eigenvalue weighted by atomic mass is 10.1. The van der Waals surface area contributed by atoms with Crippen LogP contribution in [0.3, 0.4) is 0 Å². The predicted molar refractivity (Wildman–Crippen MR) is 69.3 cm³/mol. The molecule has 16 heavy (non-hydrogen) atoms. The number of thiophene rings is 1. The lowest BCUT2D eigenvalue weighted by Crippen LogP contribution is -2.01. The maximum atomic E-state index is 10.2. The molecule has 2 aromatic rings. The third-order valence-electron chi connectivity index (χ3n) is 2.47. The summed E-state index contributed by atoms with van der Waals surface area (Å²) in [7, 11) is 0. The van der Waals surface area contributed by atoms with E-state index >= 15 is 0 Å². The van der Waals surface area contributed by atoms with Crippen molar-refractivity contribution in [2.45, 2.75) is 33.3 Å². The van der Waals surface area contributed by atoms with E-state index in [2.05, 4.69) is 24.9 Å². The van der Waals surface area contributed by atoms with Crippen molar-refractivity contribution in [1.29, 1.82) is 0 Å². The molecule has 0 spiro atoms. The quantitative estimate of drug-likeness (QED) is 0.909. The molecule has 2 heterocycles. The van der Waals surface area contributed by atoms with Crippen molar-refractivity contribution < 1.29 is 5.11 Å². The molecular formula is C12H15NOS2. The standard InChI is InChI=1S/C12H15NOS2/c1-7-6-15-12(13-7)5-11(14)10-4-8(2)16-9(10)3/h4,6,11,14H,5H2,1-3H3. The number of aliphatic hydroxyl groups excluding tert-OH is 1. The second-order valence-corrected chi connectivity index (χ2v) is 6.37. The average Bonchev–Trinajstić information content (AvgIpc) is 2.73. The van der Waals surface area contributed by atoms with Gasteiger partial charge in [0.2, 0.25) is 0 Å². The molecule has 0 aromatic carbocycles. The number of rotatable bonds is 3. The van der Waals surface area contributed by atoms with Gasteiger partial charge < -0.3 is 5.11 Å². The van der Waals surface area contributed by atoms with Crippen molar-refractivity contribution in [2.75, 3.05) is 0 Å². The van der Waals surface area contributed by atoms with Gasteiger partial charge in [-0.05, 0) is 32.4 Å².